The van der Waals surface area contributed by atoms with E-state index in [4.69, 9.17) is 20.4 Å². The Kier molecular flexibility index (Phi) is 5.31. The minimum atomic E-state index is -0.272. The van der Waals surface area contributed by atoms with E-state index in [9.17, 15) is 4.79 Å². The molecule has 172 valence electrons. The summed E-state index contributed by atoms with van der Waals surface area (Å²) < 4.78 is 6.41. The Morgan fingerprint density at radius 2 is 1.97 bits per heavy atom. The molecule has 3 N–H and O–H groups in total. The fourth-order valence-electron chi connectivity index (χ4n) is 3.99. The van der Waals surface area contributed by atoms with E-state index in [1.807, 2.05) is 24.3 Å². The van der Waals surface area contributed by atoms with Crippen LogP contribution in [0.5, 0.6) is 0 Å². The molecule has 0 radical (unpaired) electrons. The quantitative estimate of drug-likeness (QED) is 0.450. The third-order valence-electron chi connectivity index (χ3n) is 5.96. The second-order valence-corrected chi connectivity index (χ2v) is 9.46. The molecule has 0 spiro atoms. The average molecular weight is 474 g/mol. The monoisotopic (exact) mass is 473 g/mol. The maximum absolute atomic E-state index is 13.2. The predicted octanol–water partition coefficient (Wildman–Crippen LogP) is 3.70. The molecule has 10 heteroatoms. The molecule has 9 nitrogen and oxygen atoms in total. The number of fused-ring (bicyclic) bond motifs is 1. The van der Waals surface area contributed by atoms with Crippen LogP contribution in [0, 0.1) is 0 Å². The number of hydrogen-bond acceptors (Lipinski definition) is 9. The second-order valence-electron chi connectivity index (χ2n) is 8.45. The van der Waals surface area contributed by atoms with Crippen LogP contribution in [-0.2, 0) is 4.74 Å². The summed E-state index contributed by atoms with van der Waals surface area (Å²) in [5.41, 5.74) is 9.84. The standard InChI is InChI=1S/C24H23N7O2S/c25-20-7-6-15(13-26-20)16-2-1-3-17(27-16)23(32)28-18-12-19-22(29-21(18)14-4-5-14)30-24(34-19)31-8-10-33-11-9-31/h1-3,6-7,12-14H,4-5,8-11H2,(H2,25,26)(H,28,32). The van der Waals surface area contributed by atoms with E-state index in [0.29, 0.717) is 36.3 Å². The van der Waals surface area contributed by atoms with Gasteiger partial charge in [-0.05, 0) is 43.2 Å². The number of aromatic nitrogens is 4. The first kappa shape index (κ1) is 20.9. The summed E-state index contributed by atoms with van der Waals surface area (Å²) in [6.07, 6.45) is 3.79. The van der Waals surface area contributed by atoms with Crippen molar-refractivity contribution >= 4 is 44.2 Å². The SMILES string of the molecule is Nc1ccc(-c2cccc(C(=O)Nc3cc4sc(N5CCOCC5)nc4nc3C3CC3)n2)cn1. The number of nitrogens with two attached hydrogens (primary N) is 1. The van der Waals surface area contributed by atoms with Crippen molar-refractivity contribution in [3.05, 3.63) is 54.0 Å². The predicted molar refractivity (Wildman–Crippen MR) is 132 cm³/mol. The average Bonchev–Trinajstić information content (AvgIpc) is 3.63. The van der Waals surface area contributed by atoms with Gasteiger partial charge in [0.2, 0.25) is 0 Å². The molecule has 1 saturated heterocycles. The van der Waals surface area contributed by atoms with E-state index < -0.39 is 0 Å². The number of nitrogens with zero attached hydrogens (tertiary/aromatic N) is 5. The van der Waals surface area contributed by atoms with Gasteiger partial charge in [0.15, 0.2) is 10.8 Å². The van der Waals surface area contributed by atoms with Gasteiger partial charge in [-0.25, -0.2) is 15.0 Å². The highest BCUT2D eigenvalue weighted by molar-refractivity contribution is 7.22. The lowest BCUT2D eigenvalue weighted by molar-refractivity contribution is 0.102. The number of amides is 1. The molecule has 6 rings (SSSR count). The Morgan fingerprint density at radius 1 is 1.12 bits per heavy atom. The number of rotatable bonds is 5. The molecule has 2 fully saturated rings. The van der Waals surface area contributed by atoms with Gasteiger partial charge in [-0.15, -0.1) is 0 Å². The Morgan fingerprint density at radius 3 is 2.74 bits per heavy atom. The molecule has 1 amide bonds. The normalized spacial score (nSPS) is 16.1. The molecule has 0 unspecified atom stereocenters. The fourth-order valence-corrected chi connectivity index (χ4v) is 4.99. The van der Waals surface area contributed by atoms with Crippen LogP contribution in [0.25, 0.3) is 21.6 Å². The van der Waals surface area contributed by atoms with Crippen molar-refractivity contribution in [2.75, 3.05) is 42.3 Å². The smallest absolute Gasteiger partial charge is 0.274 e. The van der Waals surface area contributed by atoms with E-state index in [2.05, 4.69) is 20.2 Å². The molecule has 0 aromatic carbocycles. The highest BCUT2D eigenvalue weighted by atomic mass is 32.1. The highest BCUT2D eigenvalue weighted by Crippen LogP contribution is 2.44. The topological polar surface area (TPSA) is 119 Å². The number of thiazole rings is 1. The van der Waals surface area contributed by atoms with Crippen molar-refractivity contribution in [3.63, 3.8) is 0 Å². The van der Waals surface area contributed by atoms with E-state index in [-0.39, 0.29) is 5.91 Å². The summed E-state index contributed by atoms with van der Waals surface area (Å²) in [6.45, 7) is 3.06. The van der Waals surface area contributed by atoms with E-state index in [0.717, 1.165) is 58.4 Å². The number of nitrogen functional groups attached to an aromatic ring is 1. The van der Waals surface area contributed by atoms with Gasteiger partial charge in [0.1, 0.15) is 11.5 Å². The molecule has 0 bridgehead atoms. The molecule has 4 aromatic rings. The van der Waals surface area contributed by atoms with Gasteiger partial charge in [-0.2, -0.15) is 4.98 Å². The maximum atomic E-state index is 13.2. The summed E-state index contributed by atoms with van der Waals surface area (Å²) in [5, 5.41) is 4.01. The van der Waals surface area contributed by atoms with Gasteiger partial charge in [0, 0.05) is 30.8 Å². The fraction of sp³-hybridized carbons (Fsp3) is 0.292. The molecular formula is C24H23N7O2S. The minimum Gasteiger partial charge on any atom is -0.384 e. The molecule has 34 heavy (non-hydrogen) atoms. The molecule has 1 aliphatic heterocycles. The molecule has 1 aliphatic carbocycles. The van der Waals surface area contributed by atoms with Crippen LogP contribution < -0.4 is 16.0 Å². The first-order chi connectivity index (χ1) is 16.6. The first-order valence-electron chi connectivity index (χ1n) is 11.3. The number of nitrogens with one attached hydrogen (secondary N) is 1. The molecule has 1 saturated carbocycles. The van der Waals surface area contributed by atoms with Crippen molar-refractivity contribution in [2.24, 2.45) is 0 Å². The van der Waals surface area contributed by atoms with E-state index >= 15 is 0 Å². The van der Waals surface area contributed by atoms with Gasteiger partial charge in [-0.1, -0.05) is 17.4 Å². The van der Waals surface area contributed by atoms with E-state index in [1.54, 1.807) is 29.7 Å². The Bertz CT molecular complexity index is 1360. The van der Waals surface area contributed by atoms with Crippen molar-refractivity contribution in [1.29, 1.82) is 0 Å². The minimum absolute atomic E-state index is 0.272. The second kappa shape index (κ2) is 8.62. The van der Waals surface area contributed by atoms with Crippen LogP contribution in [0.1, 0.15) is 34.9 Å². The third-order valence-corrected chi connectivity index (χ3v) is 7.01. The number of hydrogen-bond donors (Lipinski definition) is 2. The molecule has 0 atom stereocenters. The van der Waals surface area contributed by atoms with Gasteiger partial charge >= 0.3 is 0 Å². The maximum Gasteiger partial charge on any atom is 0.274 e. The number of carbonyl (C=O) groups excluding carboxylic acids is 1. The summed E-state index contributed by atoms with van der Waals surface area (Å²) in [4.78, 5) is 33.7. The van der Waals surface area contributed by atoms with Crippen molar-refractivity contribution in [2.45, 2.75) is 18.8 Å². The lowest BCUT2D eigenvalue weighted by Crippen LogP contribution is -2.36. The van der Waals surface area contributed by atoms with Crippen LogP contribution >= 0.6 is 11.3 Å². The summed E-state index contributed by atoms with van der Waals surface area (Å²) in [6, 6.07) is 10.9. The number of carbonyl (C=O) groups is 1. The molecule has 4 aromatic heterocycles. The van der Waals surface area contributed by atoms with Crippen molar-refractivity contribution in [1.82, 2.24) is 19.9 Å². The summed E-state index contributed by atoms with van der Waals surface area (Å²) in [7, 11) is 0. The van der Waals surface area contributed by atoms with Gasteiger partial charge in [0.25, 0.3) is 5.91 Å². The highest BCUT2D eigenvalue weighted by Gasteiger charge is 2.30. The number of anilines is 3. The Balaban J connectivity index is 1.29. The summed E-state index contributed by atoms with van der Waals surface area (Å²) in [5.74, 6) is 0.521. The third kappa shape index (κ3) is 4.17. The van der Waals surface area contributed by atoms with Gasteiger partial charge in [0.05, 0.1) is 35.0 Å². The molecular weight excluding hydrogens is 450 g/mol. The first-order valence-corrected chi connectivity index (χ1v) is 12.1. The number of ether oxygens (including phenoxy) is 1. The van der Waals surface area contributed by atoms with Gasteiger partial charge < -0.3 is 20.7 Å². The zero-order valence-electron chi connectivity index (χ0n) is 18.4. The molecule has 2 aliphatic rings. The Hall–Kier alpha value is -3.63. The number of pyridine rings is 3. The van der Waals surface area contributed by atoms with Crippen LogP contribution in [0.3, 0.4) is 0 Å². The lowest BCUT2D eigenvalue weighted by atomic mass is 10.1. The van der Waals surface area contributed by atoms with Crippen LogP contribution in [0.15, 0.2) is 42.6 Å². The summed E-state index contributed by atoms with van der Waals surface area (Å²) >= 11 is 1.60. The van der Waals surface area contributed by atoms with Crippen molar-refractivity contribution < 1.29 is 9.53 Å². The largest absolute Gasteiger partial charge is 0.384 e. The van der Waals surface area contributed by atoms with Crippen LogP contribution in [-0.4, -0.2) is 52.1 Å². The van der Waals surface area contributed by atoms with Gasteiger partial charge in [-0.3, -0.25) is 4.79 Å². The van der Waals surface area contributed by atoms with Crippen LogP contribution in [0.4, 0.5) is 16.6 Å². The molecule has 5 heterocycles. The lowest BCUT2D eigenvalue weighted by Gasteiger charge is -2.25. The Labute approximate surface area is 200 Å². The zero-order valence-corrected chi connectivity index (χ0v) is 19.2. The van der Waals surface area contributed by atoms with E-state index in [1.165, 1.54) is 0 Å². The van der Waals surface area contributed by atoms with Crippen LogP contribution in [0.2, 0.25) is 0 Å². The number of morpholine rings is 1. The zero-order chi connectivity index (χ0) is 23.1. The van der Waals surface area contributed by atoms with Crippen molar-refractivity contribution in [3.8, 4) is 11.3 Å².